The molecule has 2 N–H and O–H groups in total. The number of nitrogens with one attached hydrogen (secondary N) is 1. The predicted molar refractivity (Wildman–Crippen MR) is 66.6 cm³/mol. The minimum atomic E-state index is -0.299. The van der Waals surface area contributed by atoms with E-state index in [0.717, 1.165) is 25.8 Å². The van der Waals surface area contributed by atoms with Crippen LogP contribution >= 0.6 is 0 Å². The Kier molecular flexibility index (Phi) is 6.89. The average molecular weight is 241 g/mol. The topological polar surface area (TPSA) is 58.6 Å². The number of rotatable bonds is 6. The van der Waals surface area contributed by atoms with Gasteiger partial charge < -0.3 is 15.2 Å². The molecule has 0 aliphatic heterocycles. The predicted octanol–water partition coefficient (Wildman–Crippen LogP) is 1.25. The number of hydrogen-bond acceptors (Lipinski definition) is 4. The zero-order chi connectivity index (χ0) is 12.5. The van der Waals surface area contributed by atoms with Crippen LogP contribution in [0.3, 0.4) is 0 Å². The molecule has 0 spiro atoms. The first kappa shape index (κ1) is 14.2. The summed E-state index contributed by atoms with van der Waals surface area (Å²) in [7, 11) is 0. The van der Waals surface area contributed by atoms with E-state index in [4.69, 9.17) is 4.74 Å². The summed E-state index contributed by atoms with van der Waals surface area (Å²) in [4.78, 5) is 11.0. The summed E-state index contributed by atoms with van der Waals surface area (Å²) in [5.74, 6) is 0.0618. The fraction of sp³-hybridized carbons (Fsp3) is 0.769. The first-order chi connectivity index (χ1) is 8.24. The minimum absolute atomic E-state index is 0.162. The summed E-state index contributed by atoms with van der Waals surface area (Å²) >= 11 is 0. The van der Waals surface area contributed by atoms with Gasteiger partial charge in [-0.2, -0.15) is 0 Å². The molecule has 1 saturated carbocycles. The zero-order valence-electron chi connectivity index (χ0n) is 10.5. The number of carbonyl (C=O) groups excluding carboxylic acids is 1. The number of aliphatic hydroxyl groups excluding tert-OH is 1. The van der Waals surface area contributed by atoms with Crippen molar-refractivity contribution < 1.29 is 14.6 Å². The maximum atomic E-state index is 11.0. The number of ether oxygens (including phenoxy) is 1. The lowest BCUT2D eigenvalue weighted by atomic mass is 9.86. The van der Waals surface area contributed by atoms with Crippen molar-refractivity contribution in [3.63, 3.8) is 0 Å². The molecule has 2 atom stereocenters. The Morgan fingerprint density at radius 1 is 1.47 bits per heavy atom. The van der Waals surface area contributed by atoms with Gasteiger partial charge in [0, 0.05) is 19.2 Å². The van der Waals surface area contributed by atoms with Crippen LogP contribution in [0.4, 0.5) is 0 Å². The Morgan fingerprint density at radius 3 is 2.94 bits per heavy atom. The van der Waals surface area contributed by atoms with E-state index in [9.17, 15) is 9.90 Å². The summed E-state index contributed by atoms with van der Waals surface area (Å²) in [6.45, 7) is 3.65. The molecule has 1 aliphatic rings. The van der Waals surface area contributed by atoms with Gasteiger partial charge in [0.1, 0.15) is 0 Å². The third-order valence-corrected chi connectivity index (χ3v) is 3.08. The molecule has 98 valence electrons. The van der Waals surface area contributed by atoms with E-state index in [-0.39, 0.29) is 12.1 Å². The quantitative estimate of drug-likeness (QED) is 0.417. The van der Waals surface area contributed by atoms with Gasteiger partial charge in [-0.15, -0.1) is 0 Å². The van der Waals surface area contributed by atoms with Crippen LogP contribution < -0.4 is 5.32 Å². The van der Waals surface area contributed by atoms with Gasteiger partial charge in [-0.1, -0.05) is 18.9 Å². The van der Waals surface area contributed by atoms with Gasteiger partial charge in [-0.05, 0) is 25.7 Å². The van der Waals surface area contributed by atoms with E-state index in [0.29, 0.717) is 19.1 Å². The van der Waals surface area contributed by atoms with Crippen molar-refractivity contribution in [1.29, 1.82) is 0 Å². The third-order valence-electron chi connectivity index (χ3n) is 3.08. The number of hydrogen-bond donors (Lipinski definition) is 2. The summed E-state index contributed by atoms with van der Waals surface area (Å²) in [5, 5.41) is 13.0. The second kappa shape index (κ2) is 8.25. The maximum Gasteiger partial charge on any atom is 0.330 e. The van der Waals surface area contributed by atoms with Crippen molar-refractivity contribution >= 4 is 5.97 Å². The molecule has 0 aromatic heterocycles. The van der Waals surface area contributed by atoms with Crippen LogP contribution in [-0.2, 0) is 9.53 Å². The SMILES string of the molecule is CCOC(=O)/C=C/CNCC1CCCCC1O. The van der Waals surface area contributed by atoms with Crippen molar-refractivity contribution in [2.75, 3.05) is 19.7 Å². The average Bonchev–Trinajstić information content (AvgIpc) is 2.31. The van der Waals surface area contributed by atoms with Gasteiger partial charge >= 0.3 is 5.97 Å². The largest absolute Gasteiger partial charge is 0.463 e. The Bertz CT molecular complexity index is 253. The van der Waals surface area contributed by atoms with E-state index in [2.05, 4.69) is 5.32 Å². The Morgan fingerprint density at radius 2 is 2.24 bits per heavy atom. The Balaban J connectivity index is 2.08. The molecule has 17 heavy (non-hydrogen) atoms. The molecule has 1 rings (SSSR count). The van der Waals surface area contributed by atoms with Crippen LogP contribution in [0, 0.1) is 5.92 Å². The lowest BCUT2D eigenvalue weighted by Gasteiger charge is -2.27. The summed E-state index contributed by atoms with van der Waals surface area (Å²) in [5.41, 5.74) is 0. The lowest BCUT2D eigenvalue weighted by Crippen LogP contribution is -2.33. The van der Waals surface area contributed by atoms with Crippen LogP contribution in [0.2, 0.25) is 0 Å². The molecular formula is C13H23NO3. The zero-order valence-corrected chi connectivity index (χ0v) is 10.5. The van der Waals surface area contributed by atoms with Gasteiger partial charge in [0.15, 0.2) is 0 Å². The molecule has 0 bridgehead atoms. The van der Waals surface area contributed by atoms with Gasteiger partial charge in [-0.25, -0.2) is 4.79 Å². The molecule has 0 saturated heterocycles. The fourth-order valence-electron chi connectivity index (χ4n) is 2.12. The fourth-order valence-corrected chi connectivity index (χ4v) is 2.12. The van der Waals surface area contributed by atoms with Crippen LogP contribution in [-0.4, -0.2) is 36.9 Å². The van der Waals surface area contributed by atoms with Crippen molar-refractivity contribution in [3.05, 3.63) is 12.2 Å². The second-order valence-corrected chi connectivity index (χ2v) is 4.42. The van der Waals surface area contributed by atoms with Crippen molar-refractivity contribution in [1.82, 2.24) is 5.32 Å². The number of carbonyl (C=O) groups is 1. The van der Waals surface area contributed by atoms with Gasteiger partial charge in [0.05, 0.1) is 12.7 Å². The molecule has 1 fully saturated rings. The Hall–Kier alpha value is -0.870. The molecule has 4 nitrogen and oxygen atoms in total. The van der Waals surface area contributed by atoms with E-state index < -0.39 is 0 Å². The van der Waals surface area contributed by atoms with Crippen molar-refractivity contribution in [2.24, 2.45) is 5.92 Å². The van der Waals surface area contributed by atoms with E-state index in [1.165, 1.54) is 12.5 Å². The molecular weight excluding hydrogens is 218 g/mol. The van der Waals surface area contributed by atoms with Crippen LogP contribution in [0.15, 0.2) is 12.2 Å². The summed E-state index contributed by atoms with van der Waals surface area (Å²) < 4.78 is 4.76. The molecule has 0 aromatic carbocycles. The van der Waals surface area contributed by atoms with Gasteiger partial charge in [-0.3, -0.25) is 0 Å². The molecule has 0 radical (unpaired) electrons. The highest BCUT2D eigenvalue weighted by atomic mass is 16.5. The molecule has 1 aliphatic carbocycles. The molecule has 0 amide bonds. The van der Waals surface area contributed by atoms with Crippen LogP contribution in [0.25, 0.3) is 0 Å². The van der Waals surface area contributed by atoms with Crippen molar-refractivity contribution in [3.8, 4) is 0 Å². The highest BCUT2D eigenvalue weighted by Crippen LogP contribution is 2.23. The normalized spacial score (nSPS) is 25.1. The molecule has 0 heterocycles. The Labute approximate surface area is 103 Å². The number of aliphatic hydroxyl groups is 1. The first-order valence-electron chi connectivity index (χ1n) is 6.46. The second-order valence-electron chi connectivity index (χ2n) is 4.42. The van der Waals surface area contributed by atoms with Gasteiger partial charge in [0.25, 0.3) is 0 Å². The van der Waals surface area contributed by atoms with E-state index >= 15 is 0 Å². The molecule has 2 unspecified atom stereocenters. The monoisotopic (exact) mass is 241 g/mol. The van der Waals surface area contributed by atoms with E-state index in [1.807, 2.05) is 0 Å². The van der Waals surface area contributed by atoms with Crippen LogP contribution in [0.1, 0.15) is 32.6 Å². The van der Waals surface area contributed by atoms with Gasteiger partial charge in [0.2, 0.25) is 0 Å². The third kappa shape index (κ3) is 5.84. The standard InChI is InChI=1S/C13H23NO3/c1-2-17-13(16)8-5-9-14-10-11-6-3-4-7-12(11)15/h5,8,11-12,14-15H,2-4,6-7,9-10H2,1H3/b8-5+. The first-order valence-corrected chi connectivity index (χ1v) is 6.46. The summed E-state index contributed by atoms with van der Waals surface area (Å²) in [6.07, 6.45) is 7.40. The highest BCUT2D eigenvalue weighted by molar-refractivity contribution is 5.81. The highest BCUT2D eigenvalue weighted by Gasteiger charge is 2.21. The lowest BCUT2D eigenvalue weighted by molar-refractivity contribution is -0.137. The molecule has 0 aromatic rings. The summed E-state index contributed by atoms with van der Waals surface area (Å²) in [6, 6.07) is 0. The van der Waals surface area contributed by atoms with Crippen LogP contribution in [0.5, 0.6) is 0 Å². The maximum absolute atomic E-state index is 11.0. The number of esters is 1. The smallest absolute Gasteiger partial charge is 0.330 e. The van der Waals surface area contributed by atoms with E-state index in [1.54, 1.807) is 13.0 Å². The van der Waals surface area contributed by atoms with Crippen molar-refractivity contribution in [2.45, 2.75) is 38.7 Å². The molecule has 4 heteroatoms. The minimum Gasteiger partial charge on any atom is -0.463 e.